The molecule has 1 fully saturated rings. The molecule has 1 aromatic carbocycles. The lowest BCUT2D eigenvalue weighted by Crippen LogP contribution is -2.34. The fraction of sp³-hybridized carbons (Fsp3) is 0.450. The number of nitrogens with zero attached hydrogens (tertiary/aromatic N) is 3. The summed E-state index contributed by atoms with van der Waals surface area (Å²) in [7, 11) is 2.12. The number of anilines is 2. The molecule has 2 heterocycles. The highest BCUT2D eigenvalue weighted by molar-refractivity contribution is 5.62. The smallest absolute Gasteiger partial charge is 0.137 e. The summed E-state index contributed by atoms with van der Waals surface area (Å²) in [5.41, 5.74) is 2.55. The Morgan fingerprint density at radius 2 is 1.96 bits per heavy atom. The quantitative estimate of drug-likeness (QED) is 0.792. The van der Waals surface area contributed by atoms with E-state index in [-0.39, 0.29) is 0 Å². The van der Waals surface area contributed by atoms with Crippen molar-refractivity contribution in [2.45, 2.75) is 38.6 Å². The van der Waals surface area contributed by atoms with Crippen molar-refractivity contribution in [2.75, 3.05) is 25.0 Å². The molecule has 0 spiro atoms. The fourth-order valence-electron chi connectivity index (χ4n) is 3.62. The Kier molecular flexibility index (Phi) is 5.29. The molecule has 1 aliphatic heterocycles. The maximum atomic E-state index is 4.72. The molecule has 0 bridgehead atoms. The maximum Gasteiger partial charge on any atom is 0.137 e. The van der Waals surface area contributed by atoms with Crippen molar-refractivity contribution in [2.24, 2.45) is 0 Å². The van der Waals surface area contributed by atoms with Crippen LogP contribution in [0.4, 0.5) is 11.5 Å². The van der Waals surface area contributed by atoms with Crippen molar-refractivity contribution < 1.29 is 0 Å². The van der Waals surface area contributed by atoms with Gasteiger partial charge in [-0.2, -0.15) is 0 Å². The summed E-state index contributed by atoms with van der Waals surface area (Å²) in [6.07, 6.45) is 6.99. The minimum Gasteiger partial charge on any atom is -0.329 e. The molecule has 23 heavy (non-hydrogen) atoms. The number of hydrogen-bond donors (Lipinski definition) is 0. The van der Waals surface area contributed by atoms with Crippen LogP contribution in [0, 0.1) is 0 Å². The zero-order valence-corrected chi connectivity index (χ0v) is 14.3. The van der Waals surface area contributed by atoms with Crippen molar-refractivity contribution in [1.82, 2.24) is 9.88 Å². The zero-order chi connectivity index (χ0) is 16.1. The van der Waals surface area contributed by atoms with E-state index in [1.54, 1.807) is 0 Å². The molecule has 3 rings (SSSR count). The van der Waals surface area contributed by atoms with Gasteiger partial charge in [0, 0.05) is 30.5 Å². The Labute approximate surface area is 140 Å². The van der Waals surface area contributed by atoms with Crippen LogP contribution < -0.4 is 4.90 Å². The SMILES string of the molecule is CCCN1CCCC[C@@H]1c1cccnc1N(C)c1ccccc1. The van der Waals surface area contributed by atoms with E-state index in [1.165, 1.54) is 50.0 Å². The molecule has 0 unspecified atom stereocenters. The Balaban J connectivity index is 1.93. The van der Waals surface area contributed by atoms with Gasteiger partial charge in [0.05, 0.1) is 0 Å². The Hall–Kier alpha value is -1.87. The number of piperidine rings is 1. The van der Waals surface area contributed by atoms with Crippen molar-refractivity contribution >= 4 is 11.5 Å². The standard InChI is InChI=1S/C20H27N3/c1-3-15-23-16-8-7-13-19(23)18-12-9-14-21-20(18)22(2)17-10-5-4-6-11-17/h4-6,9-12,14,19H,3,7-8,13,15-16H2,1-2H3/t19-/m1/s1. The highest BCUT2D eigenvalue weighted by atomic mass is 15.2. The van der Waals surface area contributed by atoms with Gasteiger partial charge in [0.15, 0.2) is 0 Å². The van der Waals surface area contributed by atoms with Crippen LogP contribution in [0.2, 0.25) is 0 Å². The van der Waals surface area contributed by atoms with E-state index in [0.29, 0.717) is 6.04 Å². The van der Waals surface area contributed by atoms with Gasteiger partial charge in [-0.05, 0) is 50.6 Å². The van der Waals surface area contributed by atoms with E-state index in [2.05, 4.69) is 66.2 Å². The van der Waals surface area contributed by atoms with E-state index >= 15 is 0 Å². The van der Waals surface area contributed by atoms with E-state index in [0.717, 1.165) is 5.82 Å². The first-order chi connectivity index (χ1) is 11.3. The number of likely N-dealkylation sites (tertiary alicyclic amines) is 1. The number of para-hydroxylation sites is 1. The molecule has 3 nitrogen and oxygen atoms in total. The summed E-state index contributed by atoms with van der Waals surface area (Å²) in [6, 6.07) is 15.3. The average Bonchev–Trinajstić information content (AvgIpc) is 2.63. The summed E-state index contributed by atoms with van der Waals surface area (Å²) in [6.45, 7) is 4.65. The van der Waals surface area contributed by atoms with Crippen LogP contribution in [0.25, 0.3) is 0 Å². The molecule has 2 aromatic rings. The van der Waals surface area contributed by atoms with Crippen LogP contribution in [0.1, 0.15) is 44.2 Å². The molecule has 0 radical (unpaired) electrons. The molecule has 1 saturated heterocycles. The van der Waals surface area contributed by atoms with Crippen LogP contribution in [-0.4, -0.2) is 30.0 Å². The third-order valence-corrected chi connectivity index (χ3v) is 4.76. The van der Waals surface area contributed by atoms with Gasteiger partial charge in [-0.15, -0.1) is 0 Å². The number of hydrogen-bond acceptors (Lipinski definition) is 3. The van der Waals surface area contributed by atoms with Gasteiger partial charge < -0.3 is 4.90 Å². The molecule has 3 heteroatoms. The molecule has 0 saturated carbocycles. The monoisotopic (exact) mass is 309 g/mol. The van der Waals surface area contributed by atoms with Crippen molar-refractivity contribution in [1.29, 1.82) is 0 Å². The molecule has 1 aliphatic rings. The van der Waals surface area contributed by atoms with Crippen molar-refractivity contribution in [3.8, 4) is 0 Å². The molecule has 122 valence electrons. The minimum atomic E-state index is 0.499. The number of aromatic nitrogens is 1. The van der Waals surface area contributed by atoms with Crippen LogP contribution in [0.3, 0.4) is 0 Å². The third kappa shape index (κ3) is 3.56. The van der Waals surface area contributed by atoms with E-state index in [1.807, 2.05) is 6.20 Å². The highest BCUT2D eigenvalue weighted by Crippen LogP contribution is 2.36. The van der Waals surface area contributed by atoms with Crippen molar-refractivity contribution in [3.05, 3.63) is 54.2 Å². The lowest BCUT2D eigenvalue weighted by Gasteiger charge is -2.37. The number of pyridine rings is 1. The Bertz CT molecular complexity index is 609. The van der Waals surface area contributed by atoms with Gasteiger partial charge in [0.1, 0.15) is 5.82 Å². The predicted molar refractivity (Wildman–Crippen MR) is 97.2 cm³/mol. The molecular formula is C20H27N3. The molecule has 0 aliphatic carbocycles. The first-order valence-corrected chi connectivity index (χ1v) is 8.79. The fourth-order valence-corrected chi connectivity index (χ4v) is 3.62. The predicted octanol–water partition coefficient (Wildman–Crippen LogP) is 4.79. The van der Waals surface area contributed by atoms with Crippen LogP contribution in [-0.2, 0) is 0 Å². The molecule has 1 atom stereocenters. The number of benzene rings is 1. The van der Waals surface area contributed by atoms with Gasteiger partial charge in [-0.1, -0.05) is 37.6 Å². The molecular weight excluding hydrogens is 282 g/mol. The molecule has 1 aromatic heterocycles. The van der Waals surface area contributed by atoms with Gasteiger partial charge in [-0.3, -0.25) is 4.90 Å². The molecule has 0 amide bonds. The first-order valence-electron chi connectivity index (χ1n) is 8.79. The van der Waals surface area contributed by atoms with E-state index in [9.17, 15) is 0 Å². The van der Waals surface area contributed by atoms with E-state index in [4.69, 9.17) is 4.98 Å². The minimum absolute atomic E-state index is 0.499. The average molecular weight is 309 g/mol. The maximum absolute atomic E-state index is 4.72. The summed E-state index contributed by atoms with van der Waals surface area (Å²) >= 11 is 0. The summed E-state index contributed by atoms with van der Waals surface area (Å²) in [5, 5.41) is 0. The van der Waals surface area contributed by atoms with Gasteiger partial charge in [0.25, 0.3) is 0 Å². The first kappa shape index (κ1) is 16.0. The topological polar surface area (TPSA) is 19.4 Å². The number of rotatable bonds is 5. The third-order valence-electron chi connectivity index (χ3n) is 4.76. The van der Waals surface area contributed by atoms with E-state index < -0.39 is 0 Å². The summed E-state index contributed by atoms with van der Waals surface area (Å²) < 4.78 is 0. The highest BCUT2D eigenvalue weighted by Gasteiger charge is 2.26. The zero-order valence-electron chi connectivity index (χ0n) is 14.3. The Morgan fingerprint density at radius 3 is 2.74 bits per heavy atom. The van der Waals surface area contributed by atoms with Crippen LogP contribution in [0.15, 0.2) is 48.7 Å². The van der Waals surface area contributed by atoms with Gasteiger partial charge >= 0.3 is 0 Å². The van der Waals surface area contributed by atoms with Gasteiger partial charge in [-0.25, -0.2) is 4.98 Å². The summed E-state index contributed by atoms with van der Waals surface area (Å²) in [4.78, 5) is 9.58. The van der Waals surface area contributed by atoms with Crippen molar-refractivity contribution in [3.63, 3.8) is 0 Å². The largest absolute Gasteiger partial charge is 0.329 e. The van der Waals surface area contributed by atoms with Crippen LogP contribution in [0.5, 0.6) is 0 Å². The molecule has 0 N–H and O–H groups in total. The van der Waals surface area contributed by atoms with Gasteiger partial charge in [0.2, 0.25) is 0 Å². The lowest BCUT2D eigenvalue weighted by molar-refractivity contribution is 0.149. The summed E-state index contributed by atoms with van der Waals surface area (Å²) in [5.74, 6) is 1.09. The van der Waals surface area contributed by atoms with Crippen LogP contribution >= 0.6 is 0 Å². The Morgan fingerprint density at radius 1 is 1.13 bits per heavy atom. The second-order valence-electron chi connectivity index (χ2n) is 6.36. The lowest BCUT2D eigenvalue weighted by atomic mass is 9.95. The second kappa shape index (κ2) is 7.60. The second-order valence-corrected chi connectivity index (χ2v) is 6.36. The normalized spacial score (nSPS) is 18.8.